The fourth-order valence-electron chi connectivity index (χ4n) is 4.19. The van der Waals surface area contributed by atoms with Crippen LogP contribution in [0.5, 0.6) is 17.5 Å². The summed E-state index contributed by atoms with van der Waals surface area (Å²) in [5.74, 6) is -1.53. The Morgan fingerprint density at radius 2 is 1.29 bits per heavy atom. The molecule has 5 rings (SSSR count). The van der Waals surface area contributed by atoms with Gasteiger partial charge in [-0.15, -0.1) is 0 Å². The molecule has 7 nitrogen and oxygen atoms in total. The highest BCUT2D eigenvalue weighted by molar-refractivity contribution is 6.15. The molecule has 5 aromatic rings. The fourth-order valence-corrected chi connectivity index (χ4v) is 4.19. The van der Waals surface area contributed by atoms with E-state index in [9.17, 15) is 19.8 Å². The number of ether oxygens (including phenoxy) is 1. The summed E-state index contributed by atoms with van der Waals surface area (Å²) in [6.07, 6.45) is 0. The highest BCUT2D eigenvalue weighted by Crippen LogP contribution is 2.31. The van der Waals surface area contributed by atoms with Crippen LogP contribution in [-0.4, -0.2) is 31.6 Å². The van der Waals surface area contributed by atoms with E-state index in [0.717, 1.165) is 4.57 Å². The van der Waals surface area contributed by atoms with Crippen LogP contribution in [0.15, 0.2) is 72.8 Å². The highest BCUT2D eigenvalue weighted by Gasteiger charge is 2.22. The van der Waals surface area contributed by atoms with Crippen LogP contribution in [0.3, 0.4) is 0 Å². The molecule has 0 unspecified atom stereocenters. The summed E-state index contributed by atoms with van der Waals surface area (Å²) in [4.78, 5) is 30.9. The van der Waals surface area contributed by atoms with Crippen molar-refractivity contribution in [2.24, 2.45) is 0 Å². The average Bonchev–Trinajstić information content (AvgIpc) is 3.16. The molecule has 0 atom stereocenters. The third-order valence-corrected chi connectivity index (χ3v) is 5.74. The molecular weight excluding hydrogens is 432 g/mol. The normalized spacial score (nSPS) is 11.1. The lowest BCUT2D eigenvalue weighted by atomic mass is 10.0. The number of fused-ring (bicyclic) bond motifs is 2. The topological polar surface area (TPSA) is 102 Å². The number of esters is 1. The third kappa shape index (κ3) is 3.44. The Hall–Kier alpha value is -4.65. The number of hydrogen-bond donors (Lipinski definition) is 2. The number of hydrogen-bond acceptors (Lipinski definition) is 6. The van der Waals surface area contributed by atoms with Gasteiger partial charge < -0.3 is 14.9 Å². The van der Waals surface area contributed by atoms with Crippen LogP contribution in [0.4, 0.5) is 0 Å². The van der Waals surface area contributed by atoms with Gasteiger partial charge in [0.2, 0.25) is 11.8 Å². The Bertz CT molecular complexity index is 1520. The zero-order valence-corrected chi connectivity index (χ0v) is 18.4. The van der Waals surface area contributed by atoms with Crippen molar-refractivity contribution in [1.29, 1.82) is 0 Å². The number of aryl methyl sites for hydroxylation is 2. The number of carbonyl (C=O) groups is 2. The second-order valence-electron chi connectivity index (χ2n) is 8.04. The first-order valence-corrected chi connectivity index (χ1v) is 10.6. The van der Waals surface area contributed by atoms with Gasteiger partial charge in [0.15, 0.2) is 0 Å². The molecule has 0 saturated carbocycles. The Labute approximate surface area is 194 Å². The van der Waals surface area contributed by atoms with Crippen molar-refractivity contribution >= 4 is 33.7 Å². The standard InChI is InChI=1S/C27H20N2O5/c1-15-13-17(26(32)29-22(30)11-12-23(29)31)14-16(2)25(15)34-27(33)24-18-7-3-5-9-20(18)28-21-10-6-4-8-19(21)24/h3-14,30-31H,1-2H3. The van der Waals surface area contributed by atoms with E-state index in [1.165, 1.54) is 12.1 Å². The van der Waals surface area contributed by atoms with E-state index in [2.05, 4.69) is 4.98 Å². The molecule has 34 heavy (non-hydrogen) atoms. The predicted molar refractivity (Wildman–Crippen MR) is 128 cm³/mol. The summed E-state index contributed by atoms with van der Waals surface area (Å²) in [6, 6.07) is 20.4. The van der Waals surface area contributed by atoms with Crippen molar-refractivity contribution < 1.29 is 24.5 Å². The van der Waals surface area contributed by atoms with Gasteiger partial charge in [-0.3, -0.25) is 4.79 Å². The van der Waals surface area contributed by atoms with Crippen molar-refractivity contribution in [2.75, 3.05) is 0 Å². The summed E-state index contributed by atoms with van der Waals surface area (Å²) in [5, 5.41) is 21.1. The van der Waals surface area contributed by atoms with E-state index in [4.69, 9.17) is 4.74 Å². The average molecular weight is 452 g/mol. The van der Waals surface area contributed by atoms with Crippen LogP contribution in [0.25, 0.3) is 21.8 Å². The SMILES string of the molecule is Cc1cc(C(=O)n2c(O)ccc2O)cc(C)c1OC(=O)c1c2ccccc2nc2ccccc12. The number of rotatable bonds is 3. The molecule has 0 fully saturated rings. The Morgan fingerprint density at radius 1 is 0.794 bits per heavy atom. The van der Waals surface area contributed by atoms with Crippen molar-refractivity contribution in [3.8, 4) is 17.5 Å². The Morgan fingerprint density at radius 3 is 1.82 bits per heavy atom. The smallest absolute Gasteiger partial charge is 0.344 e. The Kier molecular flexibility index (Phi) is 5.02. The summed E-state index contributed by atoms with van der Waals surface area (Å²) >= 11 is 0. The number of aromatic nitrogens is 2. The zero-order valence-electron chi connectivity index (χ0n) is 18.4. The molecular formula is C27H20N2O5. The van der Waals surface area contributed by atoms with Gasteiger partial charge in [-0.25, -0.2) is 14.3 Å². The molecule has 0 aliphatic carbocycles. The van der Waals surface area contributed by atoms with E-state index in [1.807, 2.05) is 48.5 Å². The summed E-state index contributed by atoms with van der Waals surface area (Å²) in [5.41, 5.74) is 3.15. The van der Waals surface area contributed by atoms with Gasteiger partial charge in [-0.1, -0.05) is 36.4 Å². The van der Waals surface area contributed by atoms with Crippen LogP contribution < -0.4 is 4.74 Å². The van der Waals surface area contributed by atoms with E-state index < -0.39 is 11.9 Å². The van der Waals surface area contributed by atoms with Crippen molar-refractivity contribution in [2.45, 2.75) is 13.8 Å². The summed E-state index contributed by atoms with van der Waals surface area (Å²) < 4.78 is 6.67. The van der Waals surface area contributed by atoms with Crippen molar-refractivity contribution in [3.05, 3.63) is 95.1 Å². The minimum atomic E-state index is -0.602. The second-order valence-corrected chi connectivity index (χ2v) is 8.04. The van der Waals surface area contributed by atoms with Crippen LogP contribution in [0, 0.1) is 13.8 Å². The maximum atomic E-state index is 13.5. The number of benzene rings is 3. The largest absolute Gasteiger partial charge is 0.494 e. The van der Waals surface area contributed by atoms with Gasteiger partial charge in [0.1, 0.15) is 5.75 Å². The lowest BCUT2D eigenvalue weighted by Gasteiger charge is -2.15. The first-order valence-electron chi connectivity index (χ1n) is 10.6. The number of aromatic hydroxyl groups is 2. The minimum absolute atomic E-state index is 0.233. The lowest BCUT2D eigenvalue weighted by Crippen LogP contribution is -2.14. The predicted octanol–water partition coefficient (Wildman–Crippen LogP) is 5.13. The molecule has 0 bridgehead atoms. The Balaban J connectivity index is 1.56. The minimum Gasteiger partial charge on any atom is -0.494 e. The summed E-state index contributed by atoms with van der Waals surface area (Å²) in [6.45, 7) is 3.45. The van der Waals surface area contributed by atoms with Crippen LogP contribution in [0.2, 0.25) is 0 Å². The molecule has 168 valence electrons. The van der Waals surface area contributed by atoms with Crippen molar-refractivity contribution in [3.63, 3.8) is 0 Å². The lowest BCUT2D eigenvalue weighted by molar-refractivity contribution is 0.0736. The zero-order chi connectivity index (χ0) is 24.0. The van der Waals surface area contributed by atoms with Crippen LogP contribution in [-0.2, 0) is 0 Å². The van der Waals surface area contributed by atoms with Gasteiger partial charge in [-0.05, 0) is 49.2 Å². The number of carbonyl (C=O) groups excluding carboxylic acids is 2. The summed E-state index contributed by atoms with van der Waals surface area (Å²) in [7, 11) is 0. The quantitative estimate of drug-likeness (QED) is 0.224. The van der Waals surface area contributed by atoms with E-state index in [0.29, 0.717) is 44.2 Å². The fraction of sp³-hybridized carbons (Fsp3) is 0.0741. The van der Waals surface area contributed by atoms with Gasteiger partial charge in [0.25, 0.3) is 5.91 Å². The van der Waals surface area contributed by atoms with E-state index >= 15 is 0 Å². The molecule has 0 aliphatic heterocycles. The monoisotopic (exact) mass is 452 g/mol. The van der Waals surface area contributed by atoms with Crippen LogP contribution >= 0.6 is 0 Å². The number of pyridine rings is 1. The molecule has 0 spiro atoms. The van der Waals surface area contributed by atoms with Gasteiger partial charge >= 0.3 is 5.97 Å². The first kappa shape index (κ1) is 21.2. The number of nitrogens with zero attached hydrogens (tertiary/aromatic N) is 2. The van der Waals surface area contributed by atoms with E-state index in [1.54, 1.807) is 26.0 Å². The van der Waals surface area contributed by atoms with Gasteiger partial charge in [-0.2, -0.15) is 0 Å². The molecule has 0 amide bonds. The van der Waals surface area contributed by atoms with Gasteiger partial charge in [0.05, 0.1) is 16.6 Å². The van der Waals surface area contributed by atoms with Crippen LogP contribution in [0.1, 0.15) is 31.8 Å². The molecule has 2 aromatic heterocycles. The third-order valence-electron chi connectivity index (χ3n) is 5.74. The molecule has 2 heterocycles. The van der Waals surface area contributed by atoms with E-state index in [-0.39, 0.29) is 17.3 Å². The maximum absolute atomic E-state index is 13.5. The molecule has 0 radical (unpaired) electrons. The maximum Gasteiger partial charge on any atom is 0.344 e. The second kappa shape index (κ2) is 8.04. The van der Waals surface area contributed by atoms with Crippen molar-refractivity contribution in [1.82, 2.24) is 9.55 Å². The molecule has 7 heteroatoms. The van der Waals surface area contributed by atoms with Gasteiger partial charge in [0, 0.05) is 28.5 Å². The highest BCUT2D eigenvalue weighted by atomic mass is 16.5. The first-order chi connectivity index (χ1) is 16.3. The molecule has 3 aromatic carbocycles. The number of para-hydroxylation sites is 2. The molecule has 0 aliphatic rings. The molecule has 2 N–H and O–H groups in total. The molecule has 0 saturated heterocycles.